The summed E-state index contributed by atoms with van der Waals surface area (Å²) < 4.78 is 40.8. The number of carbonyl (C=O) groups excluding carboxylic acids is 1. The zero-order valence-electron chi connectivity index (χ0n) is 9.99. The molecular weight excluding hydrogens is 285 g/mol. The van der Waals surface area contributed by atoms with Crippen molar-refractivity contribution in [2.45, 2.75) is 0 Å². The van der Waals surface area contributed by atoms with Crippen molar-refractivity contribution in [3.8, 4) is 0 Å². The highest BCUT2D eigenvalue weighted by atomic mass is 32.1. The van der Waals surface area contributed by atoms with Crippen LogP contribution in [0, 0.1) is 17.5 Å². The van der Waals surface area contributed by atoms with E-state index in [0.717, 1.165) is 23.5 Å². The van der Waals surface area contributed by atoms with Crippen molar-refractivity contribution >= 4 is 27.2 Å². The monoisotopic (exact) mass is 292 g/mol. The first kappa shape index (κ1) is 12.9. The van der Waals surface area contributed by atoms with E-state index >= 15 is 0 Å². The Kier molecular flexibility index (Phi) is 3.06. The van der Waals surface area contributed by atoms with Crippen LogP contribution in [0.1, 0.15) is 15.2 Å². The molecule has 0 aliphatic carbocycles. The maximum Gasteiger partial charge on any atom is 0.208 e. The van der Waals surface area contributed by atoms with Gasteiger partial charge in [0.25, 0.3) is 0 Å². The van der Waals surface area contributed by atoms with Crippen molar-refractivity contribution in [2.24, 2.45) is 0 Å². The second-order valence-electron chi connectivity index (χ2n) is 4.22. The van der Waals surface area contributed by atoms with Gasteiger partial charge in [-0.05, 0) is 35.7 Å². The third kappa shape index (κ3) is 2.10. The normalized spacial score (nSPS) is 10.9. The van der Waals surface area contributed by atoms with Crippen LogP contribution < -0.4 is 0 Å². The Hall–Kier alpha value is -2.14. The van der Waals surface area contributed by atoms with E-state index in [-0.39, 0.29) is 4.88 Å². The number of benzene rings is 2. The minimum atomic E-state index is -0.904. The van der Waals surface area contributed by atoms with Crippen LogP contribution in [-0.2, 0) is 0 Å². The molecule has 0 bridgehead atoms. The first-order valence-electron chi connectivity index (χ1n) is 5.74. The molecule has 0 aliphatic heterocycles. The average Bonchev–Trinajstić information content (AvgIpc) is 2.81. The molecule has 3 rings (SSSR count). The zero-order chi connectivity index (χ0) is 14.3. The van der Waals surface area contributed by atoms with Gasteiger partial charge in [0.1, 0.15) is 17.5 Å². The van der Waals surface area contributed by atoms with E-state index in [1.165, 1.54) is 30.3 Å². The second-order valence-corrected chi connectivity index (χ2v) is 5.30. The molecule has 0 saturated heterocycles. The fourth-order valence-electron chi connectivity index (χ4n) is 1.95. The van der Waals surface area contributed by atoms with Crippen molar-refractivity contribution < 1.29 is 18.0 Å². The quantitative estimate of drug-likeness (QED) is 0.633. The Morgan fingerprint density at radius 1 is 0.950 bits per heavy atom. The summed E-state index contributed by atoms with van der Waals surface area (Å²) >= 11 is 1.01. The van der Waals surface area contributed by atoms with Crippen LogP contribution in [0.15, 0.2) is 42.5 Å². The number of ketones is 1. The predicted molar refractivity (Wildman–Crippen MR) is 71.6 cm³/mol. The molecule has 0 aliphatic rings. The van der Waals surface area contributed by atoms with Crippen LogP contribution in [0.4, 0.5) is 13.2 Å². The lowest BCUT2D eigenvalue weighted by molar-refractivity contribution is 0.103. The highest BCUT2D eigenvalue weighted by Crippen LogP contribution is 2.29. The lowest BCUT2D eigenvalue weighted by atomic mass is 10.1. The Balaban J connectivity index is 2.13. The molecule has 2 aromatic carbocycles. The lowest BCUT2D eigenvalue weighted by Crippen LogP contribution is -2.05. The largest absolute Gasteiger partial charge is 0.287 e. The Morgan fingerprint density at radius 3 is 2.35 bits per heavy atom. The van der Waals surface area contributed by atoms with Gasteiger partial charge in [-0.3, -0.25) is 4.79 Å². The first-order valence-corrected chi connectivity index (χ1v) is 6.56. The summed E-state index contributed by atoms with van der Waals surface area (Å²) in [6.45, 7) is 0. The van der Waals surface area contributed by atoms with Gasteiger partial charge in [0, 0.05) is 4.70 Å². The molecule has 0 N–H and O–H groups in total. The van der Waals surface area contributed by atoms with E-state index in [0.29, 0.717) is 10.1 Å². The van der Waals surface area contributed by atoms with Crippen LogP contribution in [-0.4, -0.2) is 5.78 Å². The maximum absolute atomic E-state index is 13.6. The van der Waals surface area contributed by atoms with Gasteiger partial charge in [-0.15, -0.1) is 11.3 Å². The summed E-state index contributed by atoms with van der Waals surface area (Å²) in [6.07, 6.45) is 0. The molecule has 0 atom stereocenters. The third-order valence-electron chi connectivity index (χ3n) is 2.90. The molecule has 0 fully saturated rings. The number of rotatable bonds is 2. The SMILES string of the molecule is O=C(c1cc2ccc(F)cc2s1)c1c(F)cccc1F. The number of carbonyl (C=O) groups is 1. The predicted octanol–water partition coefficient (Wildman–Crippen LogP) is 4.55. The minimum Gasteiger partial charge on any atom is -0.287 e. The van der Waals surface area contributed by atoms with Crippen LogP contribution >= 0.6 is 11.3 Å². The van der Waals surface area contributed by atoms with Crippen molar-refractivity contribution in [1.29, 1.82) is 0 Å². The standard InChI is InChI=1S/C15H7F3OS/c16-9-5-4-8-6-13(20-12(8)7-9)15(19)14-10(17)2-1-3-11(14)18/h1-7H. The van der Waals surface area contributed by atoms with Crippen LogP contribution in [0.2, 0.25) is 0 Å². The fourth-order valence-corrected chi connectivity index (χ4v) is 2.99. The first-order chi connectivity index (χ1) is 9.56. The van der Waals surface area contributed by atoms with Crippen molar-refractivity contribution in [3.05, 3.63) is 70.4 Å². The zero-order valence-corrected chi connectivity index (χ0v) is 10.8. The Bertz CT molecular complexity index is 803. The maximum atomic E-state index is 13.6. The van der Waals surface area contributed by atoms with Crippen LogP contribution in [0.3, 0.4) is 0 Å². The molecule has 0 unspecified atom stereocenters. The molecule has 3 aromatic rings. The molecule has 0 spiro atoms. The molecule has 0 amide bonds. The lowest BCUT2D eigenvalue weighted by Gasteiger charge is -2.01. The van der Waals surface area contributed by atoms with Gasteiger partial charge >= 0.3 is 0 Å². The number of hydrogen-bond acceptors (Lipinski definition) is 2. The van der Waals surface area contributed by atoms with Gasteiger partial charge in [0.05, 0.1) is 10.4 Å². The Labute approximate surface area is 116 Å². The molecule has 0 radical (unpaired) electrons. The summed E-state index contributed by atoms with van der Waals surface area (Å²) in [6, 6.07) is 8.85. The summed E-state index contributed by atoms with van der Waals surface area (Å²) in [7, 11) is 0. The highest BCUT2D eigenvalue weighted by molar-refractivity contribution is 7.21. The van der Waals surface area contributed by atoms with Crippen molar-refractivity contribution in [1.82, 2.24) is 0 Å². The van der Waals surface area contributed by atoms with E-state index in [1.807, 2.05) is 0 Å². The molecule has 20 heavy (non-hydrogen) atoms. The van der Waals surface area contributed by atoms with Gasteiger partial charge in [-0.25, -0.2) is 13.2 Å². The smallest absolute Gasteiger partial charge is 0.208 e. The summed E-state index contributed by atoms with van der Waals surface area (Å²) in [5, 5.41) is 0.663. The van der Waals surface area contributed by atoms with Gasteiger partial charge in [0.15, 0.2) is 0 Å². The van der Waals surface area contributed by atoms with Crippen LogP contribution in [0.5, 0.6) is 0 Å². The summed E-state index contributed by atoms with van der Waals surface area (Å²) in [5.41, 5.74) is -0.584. The number of thiophene rings is 1. The molecule has 100 valence electrons. The number of hydrogen-bond donors (Lipinski definition) is 0. The van der Waals surface area contributed by atoms with Gasteiger partial charge in [-0.1, -0.05) is 12.1 Å². The van der Waals surface area contributed by atoms with E-state index in [9.17, 15) is 18.0 Å². The highest BCUT2D eigenvalue weighted by Gasteiger charge is 2.20. The molecular formula is C15H7F3OS. The van der Waals surface area contributed by atoms with Gasteiger partial charge in [-0.2, -0.15) is 0 Å². The van der Waals surface area contributed by atoms with Gasteiger partial charge < -0.3 is 0 Å². The van der Waals surface area contributed by atoms with E-state index < -0.39 is 28.8 Å². The topological polar surface area (TPSA) is 17.1 Å². The van der Waals surface area contributed by atoms with E-state index in [2.05, 4.69) is 0 Å². The van der Waals surface area contributed by atoms with E-state index in [1.54, 1.807) is 0 Å². The van der Waals surface area contributed by atoms with Crippen molar-refractivity contribution in [2.75, 3.05) is 0 Å². The molecule has 5 heteroatoms. The minimum absolute atomic E-state index is 0.176. The molecule has 1 aromatic heterocycles. The fraction of sp³-hybridized carbons (Fsp3) is 0. The summed E-state index contributed by atoms with van der Waals surface area (Å²) in [4.78, 5) is 12.4. The van der Waals surface area contributed by atoms with E-state index in [4.69, 9.17) is 0 Å². The molecule has 1 heterocycles. The Morgan fingerprint density at radius 2 is 1.65 bits per heavy atom. The number of halogens is 3. The summed E-state index contributed by atoms with van der Waals surface area (Å²) in [5.74, 6) is -2.96. The number of fused-ring (bicyclic) bond motifs is 1. The third-order valence-corrected chi connectivity index (χ3v) is 3.99. The molecule has 0 saturated carbocycles. The van der Waals surface area contributed by atoms with Gasteiger partial charge in [0.2, 0.25) is 5.78 Å². The molecule has 1 nitrogen and oxygen atoms in total. The second kappa shape index (κ2) is 4.76. The van der Waals surface area contributed by atoms with Crippen molar-refractivity contribution in [3.63, 3.8) is 0 Å². The average molecular weight is 292 g/mol. The van der Waals surface area contributed by atoms with Crippen LogP contribution in [0.25, 0.3) is 10.1 Å².